The summed E-state index contributed by atoms with van der Waals surface area (Å²) in [6, 6.07) is 6.48. The second-order valence-electron chi connectivity index (χ2n) is 3.52. The molecule has 3 N–H and O–H groups in total. The number of nitrogens with zero attached hydrogens (tertiary/aromatic N) is 1. The minimum absolute atomic E-state index is 0.463. The molecule has 1 amide bonds. The zero-order valence-corrected chi connectivity index (χ0v) is 9.86. The fourth-order valence-electron chi connectivity index (χ4n) is 1.30. The maximum atomic E-state index is 11.0. The summed E-state index contributed by atoms with van der Waals surface area (Å²) in [5.74, 6) is 0.134. The summed E-state index contributed by atoms with van der Waals surface area (Å²) < 4.78 is 5.39. The zero-order chi connectivity index (χ0) is 12.8. The van der Waals surface area contributed by atoms with Crippen LogP contribution in [0.15, 0.2) is 18.2 Å². The first kappa shape index (κ1) is 12.8. The summed E-state index contributed by atoms with van der Waals surface area (Å²) in [5.41, 5.74) is 6.26. The van der Waals surface area contributed by atoms with Gasteiger partial charge in [0.15, 0.2) is 0 Å². The molecule has 0 fully saturated rings. The molecule has 0 aliphatic heterocycles. The van der Waals surface area contributed by atoms with Crippen molar-refractivity contribution < 1.29 is 9.53 Å². The number of primary amides is 1. The first-order chi connectivity index (χ1) is 8.08. The highest BCUT2D eigenvalue weighted by molar-refractivity contribution is 5.83. The van der Waals surface area contributed by atoms with Gasteiger partial charge in [0.05, 0.1) is 23.9 Å². The third kappa shape index (κ3) is 3.38. The highest BCUT2D eigenvalue weighted by Crippen LogP contribution is 2.26. The first-order valence-corrected chi connectivity index (χ1v) is 5.31. The lowest BCUT2D eigenvalue weighted by atomic mass is 10.2. The number of hydrogen-bond donors (Lipinski definition) is 2. The lowest BCUT2D eigenvalue weighted by molar-refractivity contribution is -0.118. The highest BCUT2D eigenvalue weighted by Gasteiger charge is 2.12. The average molecular weight is 233 g/mol. The van der Waals surface area contributed by atoms with Gasteiger partial charge in [-0.25, -0.2) is 0 Å². The van der Waals surface area contributed by atoms with Crippen molar-refractivity contribution in [1.29, 1.82) is 5.26 Å². The highest BCUT2D eigenvalue weighted by atomic mass is 16.5. The van der Waals surface area contributed by atoms with Gasteiger partial charge in [-0.05, 0) is 32.0 Å². The molecule has 1 rings (SSSR count). The average Bonchev–Trinajstić information content (AvgIpc) is 2.31. The molecule has 0 saturated carbocycles. The predicted molar refractivity (Wildman–Crippen MR) is 64.6 cm³/mol. The Bertz CT molecular complexity index is 452. The van der Waals surface area contributed by atoms with Crippen LogP contribution in [0.25, 0.3) is 0 Å². The summed E-state index contributed by atoms with van der Waals surface area (Å²) in [6.07, 6.45) is 0. The third-order valence-corrected chi connectivity index (χ3v) is 2.21. The van der Waals surface area contributed by atoms with Crippen LogP contribution in [0.4, 0.5) is 5.69 Å². The Hall–Kier alpha value is -2.22. The van der Waals surface area contributed by atoms with Crippen LogP contribution in [0.5, 0.6) is 5.75 Å². The monoisotopic (exact) mass is 233 g/mol. The fourth-order valence-corrected chi connectivity index (χ4v) is 1.30. The van der Waals surface area contributed by atoms with Gasteiger partial charge >= 0.3 is 0 Å². The van der Waals surface area contributed by atoms with E-state index in [2.05, 4.69) is 5.32 Å². The van der Waals surface area contributed by atoms with Gasteiger partial charge in [0.25, 0.3) is 0 Å². The molecule has 0 saturated heterocycles. The van der Waals surface area contributed by atoms with Crippen LogP contribution in [-0.2, 0) is 4.79 Å². The van der Waals surface area contributed by atoms with Crippen molar-refractivity contribution in [3.05, 3.63) is 23.8 Å². The summed E-state index contributed by atoms with van der Waals surface area (Å²) in [4.78, 5) is 11.0. The Labute approximate surface area is 100 Å². The first-order valence-electron chi connectivity index (χ1n) is 5.31. The summed E-state index contributed by atoms with van der Waals surface area (Å²) in [7, 11) is 0. The van der Waals surface area contributed by atoms with Gasteiger partial charge < -0.3 is 15.8 Å². The van der Waals surface area contributed by atoms with Crippen LogP contribution < -0.4 is 15.8 Å². The molecule has 0 aromatic heterocycles. The minimum atomic E-state index is -0.525. The molecule has 0 heterocycles. The molecule has 0 unspecified atom stereocenters. The number of nitriles is 1. The number of amides is 1. The zero-order valence-electron chi connectivity index (χ0n) is 9.86. The Balaban J connectivity index is 3.01. The maximum absolute atomic E-state index is 11.0. The van der Waals surface area contributed by atoms with E-state index in [1.54, 1.807) is 25.1 Å². The molecule has 0 spiro atoms. The van der Waals surface area contributed by atoms with Gasteiger partial charge in [-0.2, -0.15) is 5.26 Å². The summed E-state index contributed by atoms with van der Waals surface area (Å²) in [5, 5.41) is 11.7. The summed E-state index contributed by atoms with van der Waals surface area (Å²) >= 11 is 0. The lowest BCUT2D eigenvalue weighted by Gasteiger charge is -2.15. The van der Waals surface area contributed by atoms with Crippen molar-refractivity contribution in [2.24, 2.45) is 5.73 Å². The second-order valence-corrected chi connectivity index (χ2v) is 3.52. The van der Waals surface area contributed by atoms with Gasteiger partial charge in [0.2, 0.25) is 5.91 Å². The molecule has 1 aromatic carbocycles. The fraction of sp³-hybridized carbons (Fsp3) is 0.333. The quantitative estimate of drug-likeness (QED) is 0.800. The maximum Gasteiger partial charge on any atom is 0.239 e. The summed E-state index contributed by atoms with van der Waals surface area (Å²) in [6.45, 7) is 4.02. The largest absolute Gasteiger partial charge is 0.492 e. The van der Waals surface area contributed by atoms with Crippen molar-refractivity contribution in [1.82, 2.24) is 0 Å². The lowest BCUT2D eigenvalue weighted by Crippen LogP contribution is -2.32. The van der Waals surface area contributed by atoms with E-state index in [0.29, 0.717) is 23.6 Å². The normalized spacial score (nSPS) is 11.4. The van der Waals surface area contributed by atoms with Crippen molar-refractivity contribution in [3.8, 4) is 11.8 Å². The molecule has 0 aliphatic rings. The minimum Gasteiger partial charge on any atom is -0.492 e. The van der Waals surface area contributed by atoms with Crippen LogP contribution >= 0.6 is 0 Å². The van der Waals surface area contributed by atoms with Gasteiger partial charge in [-0.15, -0.1) is 0 Å². The van der Waals surface area contributed by atoms with E-state index in [1.165, 1.54) is 0 Å². The van der Waals surface area contributed by atoms with Crippen LogP contribution in [0, 0.1) is 11.3 Å². The van der Waals surface area contributed by atoms with Crippen LogP contribution in [0.2, 0.25) is 0 Å². The predicted octanol–water partition coefficient (Wildman–Crippen LogP) is 1.24. The number of anilines is 1. The van der Waals surface area contributed by atoms with Gasteiger partial charge in [-0.1, -0.05) is 0 Å². The van der Waals surface area contributed by atoms with E-state index >= 15 is 0 Å². The smallest absolute Gasteiger partial charge is 0.239 e. The van der Waals surface area contributed by atoms with E-state index in [0.717, 1.165) is 0 Å². The molecule has 5 heteroatoms. The molecule has 0 aliphatic carbocycles. The van der Waals surface area contributed by atoms with Crippen molar-refractivity contribution in [2.45, 2.75) is 19.9 Å². The molecule has 17 heavy (non-hydrogen) atoms. The molecular formula is C12H15N3O2. The molecule has 0 bridgehead atoms. The number of carbonyl (C=O) groups excluding carboxylic acids is 1. The van der Waals surface area contributed by atoms with Gasteiger partial charge in [0.1, 0.15) is 11.8 Å². The molecule has 1 aromatic rings. The van der Waals surface area contributed by atoms with Crippen molar-refractivity contribution >= 4 is 11.6 Å². The van der Waals surface area contributed by atoms with E-state index in [1.807, 2.05) is 13.0 Å². The Kier molecular flexibility index (Phi) is 4.35. The number of ether oxygens (including phenoxy) is 1. The van der Waals surface area contributed by atoms with Gasteiger partial charge in [-0.3, -0.25) is 4.79 Å². The van der Waals surface area contributed by atoms with Crippen LogP contribution in [-0.4, -0.2) is 18.6 Å². The third-order valence-electron chi connectivity index (χ3n) is 2.21. The molecule has 90 valence electrons. The van der Waals surface area contributed by atoms with Crippen LogP contribution in [0.3, 0.4) is 0 Å². The molecule has 5 nitrogen and oxygen atoms in total. The van der Waals surface area contributed by atoms with Crippen molar-refractivity contribution in [3.63, 3.8) is 0 Å². The van der Waals surface area contributed by atoms with E-state index in [-0.39, 0.29) is 0 Å². The standard InChI is InChI=1S/C12H15N3O2/c1-3-17-11-5-4-9(7-13)6-10(11)15-8(2)12(14)16/h4-6,8,15H,3H2,1-2H3,(H2,14,16)/t8-/m0/s1. The molecule has 0 radical (unpaired) electrons. The van der Waals surface area contributed by atoms with Gasteiger partial charge in [0, 0.05) is 0 Å². The van der Waals surface area contributed by atoms with E-state index < -0.39 is 11.9 Å². The number of hydrogen-bond acceptors (Lipinski definition) is 4. The number of nitrogens with two attached hydrogens (primary N) is 1. The van der Waals surface area contributed by atoms with Crippen molar-refractivity contribution in [2.75, 3.05) is 11.9 Å². The number of nitrogens with one attached hydrogen (secondary N) is 1. The topological polar surface area (TPSA) is 88.1 Å². The SMILES string of the molecule is CCOc1ccc(C#N)cc1N[C@@H](C)C(N)=O. The second kappa shape index (κ2) is 5.75. The number of carbonyl (C=O) groups is 1. The number of rotatable bonds is 5. The van der Waals surface area contributed by atoms with E-state index in [9.17, 15) is 4.79 Å². The molecule has 1 atom stereocenters. The number of benzene rings is 1. The van der Waals surface area contributed by atoms with Crippen LogP contribution in [0.1, 0.15) is 19.4 Å². The Morgan fingerprint density at radius 2 is 2.35 bits per heavy atom. The Morgan fingerprint density at radius 3 is 2.88 bits per heavy atom. The Morgan fingerprint density at radius 1 is 1.65 bits per heavy atom. The van der Waals surface area contributed by atoms with E-state index in [4.69, 9.17) is 15.7 Å². The molecular weight excluding hydrogens is 218 g/mol.